The average Bonchev–Trinajstić information content (AvgIpc) is 2.72. The monoisotopic (exact) mass is 403 g/mol. The normalized spacial score (nSPS) is 12.7. The molecule has 0 spiro atoms. The number of hydrogen-bond donors (Lipinski definition) is 1. The van der Waals surface area contributed by atoms with E-state index in [1.165, 1.54) is 74.1 Å². The number of halogens is 1. The Balaban J connectivity index is 0.00000392. The molecule has 2 aromatic carbocycles. The molecule has 28 heavy (non-hydrogen) atoms. The Bertz CT molecular complexity index is 657. The maximum atomic E-state index is 6.96. The number of benzene rings is 2. The van der Waals surface area contributed by atoms with Crippen LogP contribution in [0.25, 0.3) is 10.8 Å². The summed E-state index contributed by atoms with van der Waals surface area (Å²) in [6.45, 7) is 6.80. The molecule has 2 aromatic rings. The molecule has 0 saturated heterocycles. The second-order valence-electron chi connectivity index (χ2n) is 8.32. The zero-order valence-corrected chi connectivity index (χ0v) is 19.2. The minimum atomic E-state index is -0.106. The number of nitrogens with two attached hydrogens (primary N) is 1. The van der Waals surface area contributed by atoms with E-state index in [-0.39, 0.29) is 17.9 Å². The van der Waals surface area contributed by atoms with Crippen LogP contribution >= 0.6 is 12.4 Å². The first-order valence-corrected chi connectivity index (χ1v) is 11.4. The van der Waals surface area contributed by atoms with Gasteiger partial charge >= 0.3 is 0 Å². The third kappa shape index (κ3) is 6.78. The third-order valence-corrected chi connectivity index (χ3v) is 6.56. The van der Waals surface area contributed by atoms with E-state index in [0.29, 0.717) is 5.92 Å². The third-order valence-electron chi connectivity index (χ3n) is 6.56. The van der Waals surface area contributed by atoms with Gasteiger partial charge in [-0.05, 0) is 35.6 Å². The van der Waals surface area contributed by atoms with E-state index in [9.17, 15) is 0 Å². The highest BCUT2D eigenvalue weighted by Crippen LogP contribution is 2.39. The molecule has 158 valence electrons. The largest absolute Gasteiger partial charge is 0.325 e. The van der Waals surface area contributed by atoms with Crippen molar-refractivity contribution in [1.82, 2.24) is 0 Å². The Hall–Kier alpha value is -1.05. The van der Waals surface area contributed by atoms with Crippen LogP contribution in [0.15, 0.2) is 42.5 Å². The van der Waals surface area contributed by atoms with Crippen LogP contribution in [0, 0.1) is 0 Å². The van der Waals surface area contributed by atoms with E-state index in [4.69, 9.17) is 5.73 Å². The molecular weight excluding hydrogens is 362 g/mol. The lowest BCUT2D eigenvalue weighted by atomic mass is 9.72. The Kier molecular flexibility index (Phi) is 11.8. The molecule has 0 radical (unpaired) electrons. The van der Waals surface area contributed by atoms with Gasteiger partial charge in [0.2, 0.25) is 0 Å². The summed E-state index contributed by atoms with van der Waals surface area (Å²) in [6.07, 6.45) is 14.2. The summed E-state index contributed by atoms with van der Waals surface area (Å²) >= 11 is 0. The van der Waals surface area contributed by atoms with Crippen molar-refractivity contribution >= 4 is 23.2 Å². The fraction of sp³-hybridized carbons (Fsp3) is 0.615. The van der Waals surface area contributed by atoms with E-state index in [2.05, 4.69) is 63.2 Å². The summed E-state index contributed by atoms with van der Waals surface area (Å²) in [6, 6.07) is 15.6. The van der Waals surface area contributed by atoms with Crippen molar-refractivity contribution in [2.45, 2.75) is 103 Å². The maximum absolute atomic E-state index is 6.96. The molecule has 0 saturated carbocycles. The Morgan fingerprint density at radius 1 is 0.750 bits per heavy atom. The molecule has 2 N–H and O–H groups in total. The minimum Gasteiger partial charge on any atom is -0.325 e. The van der Waals surface area contributed by atoms with Crippen LogP contribution in [0.4, 0.5) is 0 Å². The topological polar surface area (TPSA) is 26.0 Å². The SMILES string of the molecule is CCCCCCCCCCC(c1cccc2ccccc12)C(N)(CC)CC.Cl. The average molecular weight is 404 g/mol. The highest BCUT2D eigenvalue weighted by atomic mass is 35.5. The quantitative estimate of drug-likeness (QED) is 0.334. The van der Waals surface area contributed by atoms with Gasteiger partial charge in [-0.25, -0.2) is 0 Å². The van der Waals surface area contributed by atoms with Crippen molar-refractivity contribution in [2.24, 2.45) is 5.73 Å². The highest BCUT2D eigenvalue weighted by Gasteiger charge is 2.33. The first kappa shape index (κ1) is 25.0. The van der Waals surface area contributed by atoms with Gasteiger partial charge in [0.15, 0.2) is 0 Å². The van der Waals surface area contributed by atoms with Crippen molar-refractivity contribution in [1.29, 1.82) is 0 Å². The summed E-state index contributed by atoms with van der Waals surface area (Å²) in [5.41, 5.74) is 8.31. The van der Waals surface area contributed by atoms with Crippen molar-refractivity contribution < 1.29 is 0 Å². The van der Waals surface area contributed by atoms with Crippen LogP contribution in [0.5, 0.6) is 0 Å². The summed E-state index contributed by atoms with van der Waals surface area (Å²) in [5, 5.41) is 2.73. The lowest BCUT2D eigenvalue weighted by molar-refractivity contribution is 0.301. The number of rotatable bonds is 13. The molecule has 1 atom stereocenters. The molecule has 0 aliphatic heterocycles. The second kappa shape index (κ2) is 13.2. The van der Waals surface area contributed by atoms with E-state index >= 15 is 0 Å². The number of hydrogen-bond acceptors (Lipinski definition) is 1. The van der Waals surface area contributed by atoms with Crippen molar-refractivity contribution in [3.05, 3.63) is 48.0 Å². The molecule has 1 unspecified atom stereocenters. The van der Waals surface area contributed by atoms with E-state index in [1.807, 2.05) is 0 Å². The lowest BCUT2D eigenvalue weighted by Crippen LogP contribution is -2.44. The van der Waals surface area contributed by atoms with E-state index in [0.717, 1.165) is 12.8 Å². The fourth-order valence-electron chi connectivity index (χ4n) is 4.53. The minimum absolute atomic E-state index is 0. The van der Waals surface area contributed by atoms with Gasteiger partial charge in [-0.15, -0.1) is 12.4 Å². The molecule has 0 fully saturated rings. The number of fused-ring (bicyclic) bond motifs is 1. The molecule has 2 rings (SSSR count). The number of unbranched alkanes of at least 4 members (excludes halogenated alkanes) is 7. The summed E-state index contributed by atoms with van der Waals surface area (Å²) < 4.78 is 0. The van der Waals surface area contributed by atoms with Gasteiger partial charge in [-0.3, -0.25) is 0 Å². The molecule has 0 aliphatic rings. The van der Waals surface area contributed by atoms with Crippen LogP contribution in [-0.2, 0) is 0 Å². The summed E-state index contributed by atoms with van der Waals surface area (Å²) in [4.78, 5) is 0. The van der Waals surface area contributed by atoms with E-state index in [1.54, 1.807) is 0 Å². The van der Waals surface area contributed by atoms with Crippen molar-refractivity contribution in [3.8, 4) is 0 Å². The smallest absolute Gasteiger partial charge is 0.0218 e. The molecule has 0 bridgehead atoms. The molecular formula is C26H42ClN. The maximum Gasteiger partial charge on any atom is 0.0218 e. The zero-order chi connectivity index (χ0) is 19.5. The zero-order valence-electron chi connectivity index (χ0n) is 18.4. The van der Waals surface area contributed by atoms with Crippen LogP contribution in [0.3, 0.4) is 0 Å². The molecule has 0 aromatic heterocycles. The summed E-state index contributed by atoms with van der Waals surface area (Å²) in [7, 11) is 0. The van der Waals surface area contributed by atoms with Crippen LogP contribution in [-0.4, -0.2) is 5.54 Å². The molecule has 2 heteroatoms. The van der Waals surface area contributed by atoms with Gasteiger partial charge in [-0.1, -0.05) is 115 Å². The van der Waals surface area contributed by atoms with Gasteiger partial charge in [0.05, 0.1) is 0 Å². The van der Waals surface area contributed by atoms with Crippen LogP contribution in [0.2, 0.25) is 0 Å². The highest BCUT2D eigenvalue weighted by molar-refractivity contribution is 5.86. The van der Waals surface area contributed by atoms with Crippen LogP contribution in [0.1, 0.15) is 103 Å². The predicted molar refractivity (Wildman–Crippen MR) is 129 cm³/mol. The fourth-order valence-corrected chi connectivity index (χ4v) is 4.53. The van der Waals surface area contributed by atoms with E-state index < -0.39 is 0 Å². The van der Waals surface area contributed by atoms with Gasteiger partial charge in [0.1, 0.15) is 0 Å². The Morgan fingerprint density at radius 3 is 1.96 bits per heavy atom. The molecule has 0 amide bonds. The van der Waals surface area contributed by atoms with Gasteiger partial charge in [0.25, 0.3) is 0 Å². The molecule has 0 aliphatic carbocycles. The van der Waals surface area contributed by atoms with Gasteiger partial charge in [0, 0.05) is 11.5 Å². The summed E-state index contributed by atoms with van der Waals surface area (Å²) in [5.74, 6) is 0.443. The predicted octanol–water partition coefficient (Wildman–Crippen LogP) is 8.39. The molecule has 1 nitrogen and oxygen atoms in total. The Morgan fingerprint density at radius 2 is 1.32 bits per heavy atom. The first-order valence-electron chi connectivity index (χ1n) is 11.4. The van der Waals surface area contributed by atoms with Crippen LogP contribution < -0.4 is 5.73 Å². The first-order chi connectivity index (χ1) is 13.2. The lowest BCUT2D eigenvalue weighted by Gasteiger charge is -2.37. The van der Waals surface area contributed by atoms with Gasteiger partial charge in [-0.2, -0.15) is 0 Å². The second-order valence-corrected chi connectivity index (χ2v) is 8.32. The standard InChI is InChI=1S/C26H41N.ClH/c1-4-7-8-9-10-11-12-13-21-25(26(27,5-2)6-3)24-20-16-18-22-17-14-15-19-23(22)24;/h14-20,25H,4-13,21,27H2,1-3H3;1H. The van der Waals surface area contributed by atoms with Crippen molar-refractivity contribution in [2.75, 3.05) is 0 Å². The van der Waals surface area contributed by atoms with Crippen molar-refractivity contribution in [3.63, 3.8) is 0 Å². The molecule has 0 heterocycles. The Labute approximate surface area is 179 Å². The van der Waals surface area contributed by atoms with Gasteiger partial charge < -0.3 is 5.73 Å².